The molecular weight excluding hydrogens is 527 g/mol. The van der Waals surface area contributed by atoms with Gasteiger partial charge in [0, 0.05) is 31.9 Å². The summed E-state index contributed by atoms with van der Waals surface area (Å²) in [5.74, 6) is 0. The minimum atomic E-state index is 1.18. The van der Waals surface area contributed by atoms with Crippen molar-refractivity contribution in [2.75, 3.05) is 0 Å². The summed E-state index contributed by atoms with van der Waals surface area (Å²) in [5.41, 5.74) is 8.63. The van der Waals surface area contributed by atoms with Crippen LogP contribution in [0.25, 0.3) is 80.7 Å². The van der Waals surface area contributed by atoms with Crippen molar-refractivity contribution in [2.24, 2.45) is 0 Å². The Morgan fingerprint density at radius 2 is 0.952 bits per heavy atom. The first-order valence-electron chi connectivity index (χ1n) is 14.4. The molecule has 2 heteroatoms. The number of benzene rings is 7. The number of aromatic nitrogens is 1. The normalized spacial score (nSPS) is 11.8. The van der Waals surface area contributed by atoms with Gasteiger partial charge in [-0.25, -0.2) is 0 Å². The molecule has 2 heterocycles. The van der Waals surface area contributed by atoms with E-state index in [2.05, 4.69) is 156 Å². The van der Waals surface area contributed by atoms with Crippen molar-refractivity contribution in [2.45, 2.75) is 0 Å². The molecule has 0 aliphatic heterocycles. The first-order chi connectivity index (χ1) is 20.8. The Kier molecular flexibility index (Phi) is 5.13. The Balaban J connectivity index is 1.45. The minimum absolute atomic E-state index is 1.18. The lowest BCUT2D eigenvalue weighted by molar-refractivity contribution is 1.19. The van der Waals surface area contributed by atoms with Gasteiger partial charge in [-0.15, -0.1) is 11.3 Å². The van der Waals surface area contributed by atoms with E-state index in [-0.39, 0.29) is 0 Å². The maximum atomic E-state index is 2.50. The molecule has 0 bridgehead atoms. The second-order valence-electron chi connectivity index (χ2n) is 10.9. The highest BCUT2D eigenvalue weighted by Crippen LogP contribution is 2.48. The van der Waals surface area contributed by atoms with Crippen LogP contribution in [-0.2, 0) is 0 Å². The lowest BCUT2D eigenvalue weighted by Crippen LogP contribution is -1.94. The van der Waals surface area contributed by atoms with Crippen LogP contribution >= 0.6 is 11.3 Å². The number of fused-ring (bicyclic) bond motifs is 10. The molecule has 2 aromatic heterocycles. The molecular formula is C40H25NS. The summed E-state index contributed by atoms with van der Waals surface area (Å²) in [7, 11) is 0. The predicted molar refractivity (Wildman–Crippen MR) is 182 cm³/mol. The molecule has 9 rings (SSSR count). The summed E-state index contributed by atoms with van der Waals surface area (Å²) >= 11 is 1.91. The molecule has 0 radical (unpaired) electrons. The average molecular weight is 552 g/mol. The van der Waals surface area contributed by atoms with Gasteiger partial charge in [-0.05, 0) is 63.4 Å². The first-order valence-corrected chi connectivity index (χ1v) is 15.2. The van der Waals surface area contributed by atoms with Crippen LogP contribution < -0.4 is 0 Å². The predicted octanol–water partition coefficient (Wildman–Crippen LogP) is 11.6. The number of hydrogen-bond donors (Lipinski definition) is 0. The first kappa shape index (κ1) is 23.5. The number of rotatable bonds is 3. The van der Waals surface area contributed by atoms with Crippen LogP contribution in [-0.4, -0.2) is 4.57 Å². The molecule has 0 aliphatic carbocycles. The standard InChI is InChI=1S/C40H25NS/c1-3-11-26(12-4-1)28-19-22-30(23-20-28)41-35-24-21-29(27-13-5-2-6-14-27)25-34(35)37-31-15-7-8-16-32(31)38-33-17-9-10-18-36(33)42-40(38)39(37)41/h1-25H. The van der Waals surface area contributed by atoms with E-state index in [0.29, 0.717) is 0 Å². The van der Waals surface area contributed by atoms with E-state index in [9.17, 15) is 0 Å². The molecule has 7 aromatic carbocycles. The highest BCUT2D eigenvalue weighted by molar-refractivity contribution is 7.27. The molecule has 0 saturated carbocycles. The van der Waals surface area contributed by atoms with Crippen molar-refractivity contribution in [3.8, 4) is 27.9 Å². The molecule has 0 saturated heterocycles. The Bertz CT molecular complexity index is 2430. The smallest absolute Gasteiger partial charge is 0.0726 e. The lowest BCUT2D eigenvalue weighted by Gasteiger charge is -2.11. The summed E-state index contributed by atoms with van der Waals surface area (Å²) in [5, 5.41) is 7.92. The zero-order valence-electron chi connectivity index (χ0n) is 22.8. The summed E-state index contributed by atoms with van der Waals surface area (Å²) in [6, 6.07) is 55.2. The van der Waals surface area contributed by atoms with Gasteiger partial charge in [0.15, 0.2) is 0 Å². The second kappa shape index (κ2) is 9.17. The molecule has 0 aliphatic rings. The lowest BCUT2D eigenvalue weighted by atomic mass is 9.97. The Labute approximate surface area is 247 Å². The quantitative estimate of drug-likeness (QED) is 0.206. The SMILES string of the molecule is c1ccc(-c2ccc(-n3c4ccc(-c5ccccc5)cc4c4c5ccccc5c5c6ccccc6sc5c43)cc2)cc1. The van der Waals surface area contributed by atoms with Crippen molar-refractivity contribution in [3.63, 3.8) is 0 Å². The molecule has 0 atom stereocenters. The third-order valence-corrected chi connectivity index (χ3v) is 9.76. The fourth-order valence-electron chi connectivity index (χ4n) is 6.69. The number of hydrogen-bond acceptors (Lipinski definition) is 1. The van der Waals surface area contributed by atoms with E-state index >= 15 is 0 Å². The zero-order valence-corrected chi connectivity index (χ0v) is 23.6. The molecule has 196 valence electrons. The summed E-state index contributed by atoms with van der Waals surface area (Å²) in [4.78, 5) is 0. The summed E-state index contributed by atoms with van der Waals surface area (Å²) < 4.78 is 5.17. The van der Waals surface area contributed by atoms with E-state index in [0.717, 1.165) is 0 Å². The topological polar surface area (TPSA) is 4.93 Å². The van der Waals surface area contributed by atoms with Gasteiger partial charge in [-0.1, -0.05) is 121 Å². The highest BCUT2D eigenvalue weighted by atomic mass is 32.1. The molecule has 0 N–H and O–H groups in total. The van der Waals surface area contributed by atoms with E-state index in [1.54, 1.807) is 0 Å². The van der Waals surface area contributed by atoms with Gasteiger partial charge < -0.3 is 4.57 Å². The van der Waals surface area contributed by atoms with Crippen LogP contribution in [0.1, 0.15) is 0 Å². The molecule has 9 aromatic rings. The maximum absolute atomic E-state index is 2.50. The van der Waals surface area contributed by atoms with Gasteiger partial charge in [0.1, 0.15) is 0 Å². The molecule has 0 fully saturated rings. The van der Waals surface area contributed by atoms with Gasteiger partial charge in [-0.3, -0.25) is 0 Å². The van der Waals surface area contributed by atoms with Gasteiger partial charge in [0.2, 0.25) is 0 Å². The maximum Gasteiger partial charge on any atom is 0.0726 e. The van der Waals surface area contributed by atoms with Gasteiger partial charge >= 0.3 is 0 Å². The molecule has 42 heavy (non-hydrogen) atoms. The van der Waals surface area contributed by atoms with Gasteiger partial charge in [0.25, 0.3) is 0 Å². The van der Waals surface area contributed by atoms with Crippen molar-refractivity contribution >= 4 is 64.1 Å². The molecule has 1 nitrogen and oxygen atoms in total. The van der Waals surface area contributed by atoms with Gasteiger partial charge in [0.05, 0.1) is 15.7 Å². The number of thiophene rings is 1. The van der Waals surface area contributed by atoms with E-state index in [1.807, 2.05) is 11.3 Å². The third-order valence-electron chi connectivity index (χ3n) is 8.58. The Hall–Kier alpha value is -5.18. The summed E-state index contributed by atoms with van der Waals surface area (Å²) in [6.45, 7) is 0. The van der Waals surface area contributed by atoms with Crippen LogP contribution in [0, 0.1) is 0 Å². The largest absolute Gasteiger partial charge is 0.308 e. The van der Waals surface area contributed by atoms with Crippen LogP contribution in [0.2, 0.25) is 0 Å². The highest BCUT2D eigenvalue weighted by Gasteiger charge is 2.22. The average Bonchev–Trinajstić information content (AvgIpc) is 3.62. The van der Waals surface area contributed by atoms with Gasteiger partial charge in [-0.2, -0.15) is 0 Å². The van der Waals surface area contributed by atoms with Crippen LogP contribution in [0.3, 0.4) is 0 Å². The Morgan fingerprint density at radius 3 is 1.67 bits per heavy atom. The van der Waals surface area contributed by atoms with Crippen molar-refractivity contribution < 1.29 is 0 Å². The van der Waals surface area contributed by atoms with Crippen LogP contribution in [0.5, 0.6) is 0 Å². The molecule has 0 spiro atoms. The summed E-state index contributed by atoms with van der Waals surface area (Å²) in [6.07, 6.45) is 0. The monoisotopic (exact) mass is 551 g/mol. The third kappa shape index (κ3) is 3.43. The van der Waals surface area contributed by atoms with Crippen LogP contribution in [0.15, 0.2) is 152 Å². The number of nitrogens with zero attached hydrogens (tertiary/aromatic N) is 1. The van der Waals surface area contributed by atoms with Crippen LogP contribution in [0.4, 0.5) is 0 Å². The fraction of sp³-hybridized carbons (Fsp3) is 0. The van der Waals surface area contributed by atoms with E-state index in [1.165, 1.54) is 80.7 Å². The van der Waals surface area contributed by atoms with Crippen molar-refractivity contribution in [3.05, 3.63) is 152 Å². The Morgan fingerprint density at radius 1 is 0.405 bits per heavy atom. The molecule has 0 unspecified atom stereocenters. The zero-order chi connectivity index (χ0) is 27.6. The fourth-order valence-corrected chi connectivity index (χ4v) is 7.95. The second-order valence-corrected chi connectivity index (χ2v) is 12.0. The minimum Gasteiger partial charge on any atom is -0.308 e. The molecule has 0 amide bonds. The van der Waals surface area contributed by atoms with E-state index in [4.69, 9.17) is 0 Å². The van der Waals surface area contributed by atoms with Crippen molar-refractivity contribution in [1.29, 1.82) is 0 Å². The van der Waals surface area contributed by atoms with E-state index < -0.39 is 0 Å². The van der Waals surface area contributed by atoms with Crippen molar-refractivity contribution in [1.82, 2.24) is 4.57 Å².